The third kappa shape index (κ3) is 3.41. The lowest BCUT2D eigenvalue weighted by molar-refractivity contribution is -0.137. The van der Waals surface area contributed by atoms with Gasteiger partial charge in [0.1, 0.15) is 6.04 Å². The maximum Gasteiger partial charge on any atom is 0.243 e. The van der Waals surface area contributed by atoms with Gasteiger partial charge >= 0.3 is 0 Å². The van der Waals surface area contributed by atoms with E-state index in [9.17, 15) is 9.59 Å². The summed E-state index contributed by atoms with van der Waals surface area (Å²) in [6.45, 7) is 0. The van der Waals surface area contributed by atoms with Crippen LogP contribution >= 0.6 is 0 Å². The zero-order chi connectivity index (χ0) is 14.7. The second kappa shape index (κ2) is 6.80. The molecule has 1 aliphatic heterocycles. The molecule has 0 spiro atoms. The summed E-state index contributed by atoms with van der Waals surface area (Å²) >= 11 is 0. The summed E-state index contributed by atoms with van der Waals surface area (Å²) in [5.74, 6) is 0.308. The number of rotatable bonds is 3. The minimum absolute atomic E-state index is 0.111. The number of likely N-dealkylation sites (tertiary alicyclic amines) is 1. The van der Waals surface area contributed by atoms with Gasteiger partial charge in [-0.1, -0.05) is 38.5 Å². The van der Waals surface area contributed by atoms with E-state index in [-0.39, 0.29) is 17.9 Å². The van der Waals surface area contributed by atoms with Crippen molar-refractivity contribution < 1.29 is 9.59 Å². The van der Waals surface area contributed by atoms with Gasteiger partial charge in [-0.15, -0.1) is 0 Å². The molecule has 3 aliphatic rings. The maximum absolute atomic E-state index is 12.6. The molecule has 118 valence electrons. The van der Waals surface area contributed by atoms with Crippen LogP contribution in [0.25, 0.3) is 0 Å². The Morgan fingerprint density at radius 3 is 2.19 bits per heavy atom. The van der Waals surface area contributed by atoms with Gasteiger partial charge < -0.3 is 10.2 Å². The molecule has 1 N–H and O–H groups in total. The Hall–Kier alpha value is -1.06. The quantitative estimate of drug-likeness (QED) is 0.813. The first kappa shape index (κ1) is 14.9. The molecule has 1 saturated heterocycles. The summed E-state index contributed by atoms with van der Waals surface area (Å²) in [5.41, 5.74) is 0. The minimum atomic E-state index is -0.191. The number of hydrogen-bond acceptors (Lipinski definition) is 2. The molecule has 0 aromatic heterocycles. The number of amides is 2. The third-order valence-electron chi connectivity index (χ3n) is 5.48. The lowest BCUT2D eigenvalue weighted by atomic mass is 10.1. The van der Waals surface area contributed by atoms with E-state index in [1.54, 1.807) is 0 Å². The van der Waals surface area contributed by atoms with Gasteiger partial charge in [-0.2, -0.15) is 0 Å². The fourth-order valence-corrected chi connectivity index (χ4v) is 4.32. The van der Waals surface area contributed by atoms with Gasteiger partial charge in [-0.3, -0.25) is 9.59 Å². The highest BCUT2D eigenvalue weighted by Gasteiger charge is 2.41. The topological polar surface area (TPSA) is 49.4 Å². The van der Waals surface area contributed by atoms with E-state index >= 15 is 0 Å². The number of hydrogen-bond donors (Lipinski definition) is 1. The van der Waals surface area contributed by atoms with E-state index in [4.69, 9.17) is 0 Å². The van der Waals surface area contributed by atoms with Crippen molar-refractivity contribution in [1.29, 1.82) is 0 Å². The molecule has 2 saturated carbocycles. The van der Waals surface area contributed by atoms with Crippen LogP contribution in [-0.2, 0) is 9.59 Å². The molecule has 1 unspecified atom stereocenters. The average molecular weight is 292 g/mol. The van der Waals surface area contributed by atoms with E-state index in [2.05, 4.69) is 5.32 Å². The van der Waals surface area contributed by atoms with E-state index in [1.807, 2.05) is 4.90 Å². The van der Waals surface area contributed by atoms with Crippen molar-refractivity contribution in [1.82, 2.24) is 10.2 Å². The Bertz CT molecular complexity index is 382. The van der Waals surface area contributed by atoms with Crippen LogP contribution in [-0.4, -0.2) is 34.8 Å². The second-order valence-corrected chi connectivity index (χ2v) is 6.99. The lowest BCUT2D eigenvalue weighted by Crippen LogP contribution is -2.50. The molecule has 2 amide bonds. The first-order chi connectivity index (χ1) is 10.3. The predicted octanol–water partition coefficient (Wildman–Crippen LogP) is 2.76. The molecule has 3 rings (SSSR count). The molecule has 0 aromatic rings. The summed E-state index contributed by atoms with van der Waals surface area (Å²) in [5, 5.41) is 3.24. The third-order valence-corrected chi connectivity index (χ3v) is 5.48. The summed E-state index contributed by atoms with van der Waals surface area (Å²) in [7, 11) is 0. The van der Waals surface area contributed by atoms with E-state index < -0.39 is 0 Å². The van der Waals surface area contributed by atoms with Crippen molar-refractivity contribution in [2.24, 2.45) is 0 Å². The molecule has 21 heavy (non-hydrogen) atoms. The fourth-order valence-electron chi connectivity index (χ4n) is 4.32. The van der Waals surface area contributed by atoms with Gasteiger partial charge in [0.15, 0.2) is 0 Å². The fraction of sp³-hybridized carbons (Fsp3) is 0.882. The number of carbonyl (C=O) groups excluding carboxylic acids is 2. The van der Waals surface area contributed by atoms with E-state index in [0.29, 0.717) is 24.9 Å². The zero-order valence-electron chi connectivity index (χ0n) is 13.0. The molecule has 3 fully saturated rings. The highest BCUT2D eigenvalue weighted by Crippen LogP contribution is 2.31. The Labute approximate surface area is 127 Å². The molecule has 4 heteroatoms. The number of carbonyl (C=O) groups is 2. The molecule has 0 radical (unpaired) electrons. The molecule has 2 aliphatic carbocycles. The molecule has 1 atom stereocenters. The van der Waals surface area contributed by atoms with Crippen LogP contribution in [0.2, 0.25) is 0 Å². The molecular formula is C17H28N2O2. The first-order valence-electron chi connectivity index (χ1n) is 8.87. The van der Waals surface area contributed by atoms with Gasteiger partial charge in [0.25, 0.3) is 0 Å². The minimum Gasteiger partial charge on any atom is -0.352 e. The smallest absolute Gasteiger partial charge is 0.243 e. The Kier molecular flexibility index (Phi) is 4.81. The first-order valence-corrected chi connectivity index (χ1v) is 8.87. The van der Waals surface area contributed by atoms with Crippen molar-refractivity contribution >= 4 is 11.8 Å². The van der Waals surface area contributed by atoms with Crippen LogP contribution in [0.5, 0.6) is 0 Å². The summed E-state index contributed by atoms with van der Waals surface area (Å²) in [4.78, 5) is 26.7. The summed E-state index contributed by atoms with van der Waals surface area (Å²) in [6.07, 6.45) is 13.1. The second-order valence-electron chi connectivity index (χ2n) is 6.99. The highest BCUT2D eigenvalue weighted by atomic mass is 16.2. The maximum atomic E-state index is 12.6. The summed E-state index contributed by atoms with van der Waals surface area (Å²) in [6, 6.07) is 0.467. The average Bonchev–Trinajstić information content (AvgIpc) is 3.04. The molecule has 0 bridgehead atoms. The zero-order valence-corrected chi connectivity index (χ0v) is 13.0. The van der Waals surface area contributed by atoms with Crippen LogP contribution in [0.15, 0.2) is 0 Å². The molecular weight excluding hydrogens is 264 g/mol. The highest BCUT2D eigenvalue weighted by molar-refractivity contribution is 5.91. The standard InChI is InChI=1S/C17H28N2O2/c20-16-12-11-15(19(16)14-9-5-6-10-14)17(21)18-13-7-3-1-2-4-8-13/h13-15H,1-12H2,(H,18,21). The molecule has 4 nitrogen and oxygen atoms in total. The van der Waals surface area contributed by atoms with Crippen LogP contribution in [0.3, 0.4) is 0 Å². The van der Waals surface area contributed by atoms with Crippen molar-refractivity contribution in [2.45, 2.75) is 95.2 Å². The van der Waals surface area contributed by atoms with Crippen molar-refractivity contribution in [3.8, 4) is 0 Å². The SMILES string of the molecule is O=C(NC1CCCCCC1)C1CCC(=O)N1C1CCCC1. The largest absolute Gasteiger partial charge is 0.352 e. The predicted molar refractivity (Wildman–Crippen MR) is 81.8 cm³/mol. The molecule has 0 aromatic carbocycles. The van der Waals surface area contributed by atoms with Crippen LogP contribution in [0, 0.1) is 0 Å². The van der Waals surface area contributed by atoms with Crippen LogP contribution in [0.1, 0.15) is 77.0 Å². The van der Waals surface area contributed by atoms with Crippen LogP contribution in [0.4, 0.5) is 0 Å². The normalized spacial score (nSPS) is 28.9. The van der Waals surface area contributed by atoms with Gasteiger partial charge in [0.05, 0.1) is 0 Å². The van der Waals surface area contributed by atoms with Gasteiger partial charge in [-0.25, -0.2) is 0 Å². The number of nitrogens with zero attached hydrogens (tertiary/aromatic N) is 1. The monoisotopic (exact) mass is 292 g/mol. The Balaban J connectivity index is 1.60. The van der Waals surface area contributed by atoms with Gasteiger partial charge in [0, 0.05) is 18.5 Å². The Morgan fingerprint density at radius 2 is 1.52 bits per heavy atom. The van der Waals surface area contributed by atoms with Crippen molar-refractivity contribution in [3.05, 3.63) is 0 Å². The van der Waals surface area contributed by atoms with Crippen molar-refractivity contribution in [3.63, 3.8) is 0 Å². The van der Waals surface area contributed by atoms with E-state index in [0.717, 1.165) is 25.7 Å². The summed E-state index contributed by atoms with van der Waals surface area (Å²) < 4.78 is 0. The number of nitrogens with one attached hydrogen (secondary N) is 1. The lowest BCUT2D eigenvalue weighted by Gasteiger charge is -2.31. The van der Waals surface area contributed by atoms with E-state index in [1.165, 1.54) is 38.5 Å². The Morgan fingerprint density at radius 1 is 0.905 bits per heavy atom. The molecule has 1 heterocycles. The van der Waals surface area contributed by atoms with Gasteiger partial charge in [0.2, 0.25) is 11.8 Å². The van der Waals surface area contributed by atoms with Crippen LogP contribution < -0.4 is 5.32 Å². The van der Waals surface area contributed by atoms with Crippen molar-refractivity contribution in [2.75, 3.05) is 0 Å². The van der Waals surface area contributed by atoms with Gasteiger partial charge in [-0.05, 0) is 32.1 Å².